The Morgan fingerprint density at radius 3 is 2.02 bits per heavy atom. The second kappa shape index (κ2) is 26.6. The number of aliphatic hydroxyl groups excluding tert-OH is 1. The molecule has 0 spiro atoms. The number of hydrogen-bond donors (Lipinski definition) is 2. The van der Waals surface area contributed by atoms with E-state index in [1.54, 1.807) is 31.2 Å². The standard InChI is InChI=1S/C47H70FN6O7P/c1-3-4-5-6-7-8-9-10-11-12-13-14-15-16-17-18-19-20-27-32-58-45(56)39(33-37-28-23-21-24-29-37)54(61-38-30-25-22-26-31-38)62(57)59-35-47(2)40(55)34-41(60-47)53-36-50-42-43(49)51-46(48)52-44(42)53/h21-26,28-31,36,39-41,55,62H,3-20,27,32-35H2,1-2H3,(H2,49,51,52)/t39-,40-,41+,47+/m0/s1. The third-order valence-corrected chi connectivity index (χ3v) is 12.8. The molecule has 342 valence electrons. The molecule has 5 rings (SSSR count). The van der Waals surface area contributed by atoms with Crippen molar-refractivity contribution in [3.63, 3.8) is 0 Å². The van der Waals surface area contributed by atoms with E-state index in [2.05, 4.69) is 21.9 Å². The summed E-state index contributed by atoms with van der Waals surface area (Å²) in [6, 6.07) is 17.0. The van der Waals surface area contributed by atoms with Gasteiger partial charge in [-0.15, -0.1) is 0 Å². The molecule has 0 amide bonds. The highest BCUT2D eigenvalue weighted by molar-refractivity contribution is 7.36. The highest BCUT2D eigenvalue weighted by atomic mass is 31.1. The Balaban J connectivity index is 1.09. The molecule has 0 bridgehead atoms. The summed E-state index contributed by atoms with van der Waals surface area (Å²) in [7, 11) is -3.35. The van der Waals surface area contributed by atoms with Gasteiger partial charge in [0, 0.05) is 12.8 Å². The number of benzene rings is 2. The minimum atomic E-state index is -3.35. The van der Waals surface area contributed by atoms with Gasteiger partial charge >= 0.3 is 12.0 Å². The quantitative estimate of drug-likeness (QED) is 0.0162. The molecule has 1 aliphatic heterocycles. The second-order valence-electron chi connectivity index (χ2n) is 16.9. The highest BCUT2D eigenvalue weighted by Crippen LogP contribution is 2.42. The number of nitrogens with two attached hydrogens (primary N) is 1. The number of hydroxylamine groups is 1. The Labute approximate surface area is 368 Å². The molecule has 13 nitrogen and oxygen atoms in total. The van der Waals surface area contributed by atoms with Gasteiger partial charge in [-0.2, -0.15) is 14.4 Å². The van der Waals surface area contributed by atoms with Gasteiger partial charge in [-0.3, -0.25) is 13.9 Å². The zero-order valence-electron chi connectivity index (χ0n) is 36.9. The van der Waals surface area contributed by atoms with Crippen molar-refractivity contribution in [2.24, 2.45) is 0 Å². The van der Waals surface area contributed by atoms with Gasteiger partial charge in [0.2, 0.25) is 0 Å². The molecule has 1 aliphatic rings. The summed E-state index contributed by atoms with van der Waals surface area (Å²) in [5.41, 5.74) is 5.60. The number of nitrogens with zero attached hydrogens (tertiary/aromatic N) is 5. The van der Waals surface area contributed by atoms with Gasteiger partial charge in [-0.05, 0) is 31.0 Å². The molecule has 0 saturated carbocycles. The molecule has 0 radical (unpaired) electrons. The number of carbonyl (C=O) groups excluding carboxylic acids is 1. The van der Waals surface area contributed by atoms with Crippen LogP contribution in [0.4, 0.5) is 10.2 Å². The van der Waals surface area contributed by atoms with Gasteiger partial charge < -0.3 is 29.7 Å². The van der Waals surface area contributed by atoms with Crippen LogP contribution in [-0.4, -0.2) is 66.4 Å². The summed E-state index contributed by atoms with van der Waals surface area (Å²) in [5, 5.41) is 11.2. The van der Waals surface area contributed by atoms with Gasteiger partial charge in [0.15, 0.2) is 23.0 Å². The number of anilines is 1. The third kappa shape index (κ3) is 15.7. The first-order chi connectivity index (χ1) is 30.2. The summed E-state index contributed by atoms with van der Waals surface area (Å²) in [6.45, 7) is 3.79. The van der Waals surface area contributed by atoms with Crippen molar-refractivity contribution in [1.82, 2.24) is 24.4 Å². The van der Waals surface area contributed by atoms with Crippen LogP contribution in [0.25, 0.3) is 11.2 Å². The van der Waals surface area contributed by atoms with Crippen LogP contribution in [-0.2, 0) is 29.8 Å². The lowest BCUT2D eigenvalue weighted by atomic mass is 10.0. The third-order valence-electron chi connectivity index (χ3n) is 11.7. The largest absolute Gasteiger partial charge is 0.464 e. The first-order valence-electron chi connectivity index (χ1n) is 23.1. The first-order valence-corrected chi connectivity index (χ1v) is 24.4. The summed E-state index contributed by atoms with van der Waals surface area (Å²) >= 11 is 0. The molecule has 5 atom stereocenters. The number of hydrogen-bond acceptors (Lipinski definition) is 11. The van der Waals surface area contributed by atoms with Crippen molar-refractivity contribution >= 4 is 31.1 Å². The minimum Gasteiger partial charge on any atom is -0.464 e. The topological polar surface area (TPSA) is 164 Å². The van der Waals surface area contributed by atoms with Crippen LogP contribution >= 0.6 is 8.18 Å². The van der Waals surface area contributed by atoms with E-state index in [0.717, 1.165) is 29.7 Å². The van der Waals surface area contributed by atoms with E-state index in [1.807, 2.05) is 36.4 Å². The lowest BCUT2D eigenvalue weighted by Crippen LogP contribution is -2.44. The fraction of sp³-hybridized carbons (Fsp3) is 0.617. The highest BCUT2D eigenvalue weighted by Gasteiger charge is 2.47. The molecule has 0 aliphatic carbocycles. The molecule has 1 fully saturated rings. The molecule has 2 aromatic heterocycles. The number of nitrogen functional groups attached to an aromatic ring is 1. The second-order valence-corrected chi connectivity index (χ2v) is 18.1. The fourth-order valence-electron chi connectivity index (χ4n) is 7.94. The van der Waals surface area contributed by atoms with E-state index in [-0.39, 0.29) is 43.0 Å². The first kappa shape index (κ1) is 49.1. The van der Waals surface area contributed by atoms with Crippen LogP contribution in [0.2, 0.25) is 0 Å². The number of rotatable bonds is 31. The summed E-state index contributed by atoms with van der Waals surface area (Å²) in [5.74, 6) is -0.358. The van der Waals surface area contributed by atoms with E-state index in [1.165, 1.54) is 114 Å². The maximum atomic E-state index is 14.2. The molecule has 1 unspecified atom stereocenters. The average molecular weight is 881 g/mol. The summed E-state index contributed by atoms with van der Waals surface area (Å²) in [6.07, 6.45) is 22.9. The number of ether oxygens (including phenoxy) is 2. The molecule has 4 aromatic rings. The lowest BCUT2D eigenvalue weighted by Gasteiger charge is -2.31. The molecular formula is C47H70FN6O7P. The van der Waals surface area contributed by atoms with E-state index in [9.17, 15) is 18.9 Å². The fourth-order valence-corrected chi connectivity index (χ4v) is 9.11. The minimum absolute atomic E-state index is 0.0739. The van der Waals surface area contributed by atoms with Crippen LogP contribution in [0.3, 0.4) is 0 Å². The van der Waals surface area contributed by atoms with Crippen LogP contribution in [0.15, 0.2) is 67.0 Å². The van der Waals surface area contributed by atoms with Crippen molar-refractivity contribution in [1.29, 1.82) is 0 Å². The normalized spacial score (nSPS) is 18.7. The molecule has 3 N–H and O–H groups in total. The number of aromatic nitrogens is 4. The van der Waals surface area contributed by atoms with Crippen molar-refractivity contribution < 1.29 is 37.7 Å². The van der Waals surface area contributed by atoms with Crippen LogP contribution in [0.1, 0.15) is 154 Å². The Morgan fingerprint density at radius 1 is 0.887 bits per heavy atom. The van der Waals surface area contributed by atoms with Gasteiger partial charge in [0.1, 0.15) is 17.6 Å². The van der Waals surface area contributed by atoms with E-state index in [4.69, 9.17) is 24.6 Å². The predicted octanol–water partition coefficient (Wildman–Crippen LogP) is 10.9. The lowest BCUT2D eigenvalue weighted by molar-refractivity contribution is -0.156. The molecular weight excluding hydrogens is 811 g/mol. The Kier molecular flexibility index (Phi) is 21.1. The van der Waals surface area contributed by atoms with Crippen LogP contribution < -0.4 is 10.6 Å². The summed E-state index contributed by atoms with van der Waals surface area (Å²) < 4.78 is 47.8. The molecule has 62 heavy (non-hydrogen) atoms. The van der Waals surface area contributed by atoms with E-state index >= 15 is 0 Å². The monoisotopic (exact) mass is 881 g/mol. The van der Waals surface area contributed by atoms with Gasteiger partial charge in [0.05, 0.1) is 25.6 Å². The zero-order valence-corrected chi connectivity index (χ0v) is 37.9. The van der Waals surface area contributed by atoms with E-state index < -0.39 is 44.2 Å². The van der Waals surface area contributed by atoms with Gasteiger partial charge in [0.25, 0.3) is 8.18 Å². The molecule has 2 aromatic carbocycles. The Bertz CT molecular complexity index is 1910. The van der Waals surface area contributed by atoms with Crippen molar-refractivity contribution in [2.75, 3.05) is 18.9 Å². The SMILES string of the molecule is CCCCCCCCCCCCCCCCCCCCCOC(=O)[C@H](Cc1ccccc1)N(Oc1ccccc1)[PH](=O)OC[C@@]1(C)O[C@@H](n2cnc3c(N)nc(F)nc32)C[C@@H]1O. The number of aliphatic hydroxyl groups is 1. The average Bonchev–Trinajstić information content (AvgIpc) is 3.83. The Morgan fingerprint density at radius 2 is 1.44 bits per heavy atom. The number of para-hydroxylation sites is 1. The van der Waals surface area contributed by atoms with Crippen molar-refractivity contribution in [2.45, 2.75) is 173 Å². The zero-order chi connectivity index (χ0) is 44.0. The Hall–Kier alpha value is -3.94. The smallest absolute Gasteiger partial charge is 0.327 e. The van der Waals surface area contributed by atoms with Crippen LogP contribution in [0.5, 0.6) is 5.75 Å². The maximum absolute atomic E-state index is 14.2. The van der Waals surface area contributed by atoms with E-state index in [0.29, 0.717) is 5.75 Å². The summed E-state index contributed by atoms with van der Waals surface area (Å²) in [4.78, 5) is 32.7. The number of carbonyl (C=O) groups is 1. The molecule has 15 heteroatoms. The van der Waals surface area contributed by atoms with Crippen molar-refractivity contribution in [3.8, 4) is 5.75 Å². The van der Waals surface area contributed by atoms with Gasteiger partial charge in [-0.1, -0.05) is 176 Å². The van der Waals surface area contributed by atoms with Crippen molar-refractivity contribution in [3.05, 3.63) is 78.6 Å². The maximum Gasteiger partial charge on any atom is 0.327 e. The van der Waals surface area contributed by atoms with Crippen LogP contribution in [0, 0.1) is 6.08 Å². The predicted molar refractivity (Wildman–Crippen MR) is 241 cm³/mol. The number of fused-ring (bicyclic) bond motifs is 1. The molecule has 3 heterocycles. The number of halogens is 1. The number of unbranched alkanes of at least 4 members (excludes halogenated alkanes) is 18. The number of imidazole rings is 1. The van der Waals surface area contributed by atoms with Gasteiger partial charge in [-0.25, -0.2) is 4.98 Å². The molecule has 1 saturated heterocycles. The number of esters is 1.